The van der Waals surface area contributed by atoms with Crippen LogP contribution in [0.1, 0.15) is 30.5 Å². The number of rotatable bonds is 6. The highest BCUT2D eigenvalue weighted by atomic mass is 35.5. The predicted molar refractivity (Wildman–Crippen MR) is 92.8 cm³/mol. The standard InChI is InChI=1S/C18H21ClN2O2/c1-3-17(14-5-4-6-15(19)11-14)21-18(22)20-12-13-7-9-16(23-2)10-8-13/h4-11,17H,3,12H2,1-2H3,(H2,20,21,22). The number of methoxy groups -OCH3 is 1. The van der Waals surface area contributed by atoms with Gasteiger partial charge in [0.05, 0.1) is 13.2 Å². The van der Waals surface area contributed by atoms with Crippen molar-refractivity contribution in [3.05, 3.63) is 64.7 Å². The first-order valence-electron chi connectivity index (χ1n) is 7.55. The molecule has 2 aromatic rings. The molecule has 0 saturated heterocycles. The number of urea groups is 1. The van der Waals surface area contributed by atoms with Gasteiger partial charge in [-0.1, -0.05) is 42.8 Å². The van der Waals surface area contributed by atoms with Crippen molar-refractivity contribution < 1.29 is 9.53 Å². The zero-order valence-corrected chi connectivity index (χ0v) is 14.1. The fourth-order valence-electron chi connectivity index (χ4n) is 2.28. The summed E-state index contributed by atoms with van der Waals surface area (Å²) >= 11 is 6.01. The molecule has 2 aromatic carbocycles. The van der Waals surface area contributed by atoms with E-state index in [9.17, 15) is 4.79 Å². The second-order valence-corrected chi connectivity index (χ2v) is 5.63. The summed E-state index contributed by atoms with van der Waals surface area (Å²) in [5.74, 6) is 0.796. The molecule has 2 amide bonds. The van der Waals surface area contributed by atoms with Crippen molar-refractivity contribution in [2.75, 3.05) is 7.11 Å². The van der Waals surface area contributed by atoms with Gasteiger partial charge < -0.3 is 15.4 Å². The maximum atomic E-state index is 12.1. The minimum Gasteiger partial charge on any atom is -0.497 e. The molecule has 5 heteroatoms. The number of ether oxygens (including phenoxy) is 1. The normalized spacial score (nSPS) is 11.6. The molecule has 2 N–H and O–H groups in total. The summed E-state index contributed by atoms with van der Waals surface area (Å²) in [4.78, 5) is 12.1. The highest BCUT2D eigenvalue weighted by Gasteiger charge is 2.12. The summed E-state index contributed by atoms with van der Waals surface area (Å²) in [6.45, 7) is 2.48. The fraction of sp³-hybridized carbons (Fsp3) is 0.278. The summed E-state index contributed by atoms with van der Waals surface area (Å²) < 4.78 is 5.11. The number of carbonyl (C=O) groups excluding carboxylic acids is 1. The number of benzene rings is 2. The highest BCUT2D eigenvalue weighted by Crippen LogP contribution is 2.20. The third kappa shape index (κ3) is 5.18. The van der Waals surface area contributed by atoms with Crippen LogP contribution in [0.2, 0.25) is 5.02 Å². The summed E-state index contributed by atoms with van der Waals surface area (Å²) in [5, 5.41) is 6.50. The van der Waals surface area contributed by atoms with Crippen LogP contribution in [-0.2, 0) is 6.54 Å². The van der Waals surface area contributed by atoms with Crippen LogP contribution in [0, 0.1) is 0 Å². The van der Waals surface area contributed by atoms with Crippen LogP contribution in [0.5, 0.6) is 5.75 Å². The molecule has 0 aliphatic rings. The van der Waals surface area contributed by atoms with Crippen molar-refractivity contribution in [2.45, 2.75) is 25.9 Å². The largest absolute Gasteiger partial charge is 0.497 e. The molecule has 122 valence electrons. The average Bonchev–Trinajstić information content (AvgIpc) is 2.58. The predicted octanol–water partition coefficient (Wildman–Crippen LogP) is 4.30. The summed E-state index contributed by atoms with van der Waals surface area (Å²) in [7, 11) is 1.63. The maximum absolute atomic E-state index is 12.1. The molecule has 0 aliphatic carbocycles. The number of hydrogen-bond donors (Lipinski definition) is 2. The smallest absolute Gasteiger partial charge is 0.315 e. The number of hydrogen-bond acceptors (Lipinski definition) is 2. The molecule has 23 heavy (non-hydrogen) atoms. The quantitative estimate of drug-likeness (QED) is 0.828. The van der Waals surface area contributed by atoms with E-state index in [1.807, 2.05) is 55.5 Å². The van der Waals surface area contributed by atoms with Crippen molar-refractivity contribution >= 4 is 17.6 Å². The van der Waals surface area contributed by atoms with Crippen molar-refractivity contribution in [3.8, 4) is 5.75 Å². The van der Waals surface area contributed by atoms with Crippen LogP contribution in [0.15, 0.2) is 48.5 Å². The van der Waals surface area contributed by atoms with Gasteiger partial charge in [-0.15, -0.1) is 0 Å². The number of amides is 2. The molecule has 0 heterocycles. The van der Waals surface area contributed by atoms with E-state index in [2.05, 4.69) is 10.6 Å². The Balaban J connectivity index is 1.89. The highest BCUT2D eigenvalue weighted by molar-refractivity contribution is 6.30. The molecule has 0 radical (unpaired) electrons. The van der Waals surface area contributed by atoms with Crippen molar-refractivity contribution in [1.29, 1.82) is 0 Å². The Bertz CT molecular complexity index is 644. The minimum atomic E-state index is -0.201. The zero-order valence-electron chi connectivity index (χ0n) is 13.3. The summed E-state index contributed by atoms with van der Waals surface area (Å²) in [5.41, 5.74) is 2.01. The van der Waals surface area contributed by atoms with Crippen molar-refractivity contribution in [3.63, 3.8) is 0 Å². The third-order valence-electron chi connectivity index (χ3n) is 3.58. The molecular weight excluding hydrogens is 312 g/mol. The summed E-state index contributed by atoms with van der Waals surface area (Å²) in [6.07, 6.45) is 0.788. The molecule has 0 fully saturated rings. The Hall–Kier alpha value is -2.20. The van der Waals surface area contributed by atoms with E-state index < -0.39 is 0 Å². The van der Waals surface area contributed by atoms with Gasteiger partial charge in [0, 0.05) is 11.6 Å². The van der Waals surface area contributed by atoms with Gasteiger partial charge in [-0.05, 0) is 41.8 Å². The van der Waals surface area contributed by atoms with E-state index >= 15 is 0 Å². The molecule has 0 bridgehead atoms. The lowest BCUT2D eigenvalue weighted by molar-refractivity contribution is 0.236. The van der Waals surface area contributed by atoms with Crippen LogP contribution in [0.25, 0.3) is 0 Å². The molecular formula is C18H21ClN2O2. The van der Waals surface area contributed by atoms with Crippen LogP contribution >= 0.6 is 11.6 Å². The maximum Gasteiger partial charge on any atom is 0.315 e. The molecule has 0 aromatic heterocycles. The molecule has 0 aliphatic heterocycles. The fourth-order valence-corrected chi connectivity index (χ4v) is 2.48. The molecule has 1 unspecified atom stereocenters. The SMILES string of the molecule is CCC(NC(=O)NCc1ccc(OC)cc1)c1cccc(Cl)c1. The van der Waals surface area contributed by atoms with E-state index in [-0.39, 0.29) is 12.1 Å². The van der Waals surface area contributed by atoms with Crippen LogP contribution in [-0.4, -0.2) is 13.1 Å². The molecule has 0 spiro atoms. The lowest BCUT2D eigenvalue weighted by atomic mass is 10.1. The lowest BCUT2D eigenvalue weighted by Crippen LogP contribution is -2.37. The zero-order chi connectivity index (χ0) is 16.7. The van der Waals surface area contributed by atoms with Crippen LogP contribution in [0.4, 0.5) is 4.79 Å². The van der Waals surface area contributed by atoms with Gasteiger partial charge in [0.2, 0.25) is 0 Å². The molecule has 4 nitrogen and oxygen atoms in total. The first-order valence-corrected chi connectivity index (χ1v) is 7.93. The van der Waals surface area contributed by atoms with Gasteiger partial charge >= 0.3 is 6.03 Å². The number of nitrogens with one attached hydrogen (secondary N) is 2. The topological polar surface area (TPSA) is 50.4 Å². The van der Waals surface area contributed by atoms with E-state index in [0.29, 0.717) is 11.6 Å². The van der Waals surface area contributed by atoms with E-state index in [1.54, 1.807) is 7.11 Å². The van der Waals surface area contributed by atoms with Gasteiger partial charge in [-0.3, -0.25) is 0 Å². The van der Waals surface area contributed by atoms with Crippen molar-refractivity contribution in [1.82, 2.24) is 10.6 Å². The second kappa shape index (κ2) is 8.44. The Morgan fingerprint density at radius 1 is 1.22 bits per heavy atom. The van der Waals surface area contributed by atoms with Crippen LogP contribution in [0.3, 0.4) is 0 Å². The van der Waals surface area contributed by atoms with Gasteiger partial charge in [0.25, 0.3) is 0 Å². The van der Waals surface area contributed by atoms with Crippen molar-refractivity contribution in [2.24, 2.45) is 0 Å². The Morgan fingerprint density at radius 2 is 1.96 bits per heavy atom. The second-order valence-electron chi connectivity index (χ2n) is 5.19. The van der Waals surface area contributed by atoms with Gasteiger partial charge in [-0.25, -0.2) is 4.79 Å². The number of carbonyl (C=O) groups is 1. The Kier molecular flexibility index (Phi) is 6.29. The number of halogens is 1. The first kappa shape index (κ1) is 17.2. The van der Waals surface area contributed by atoms with E-state index in [4.69, 9.17) is 16.3 Å². The summed E-state index contributed by atoms with van der Waals surface area (Å²) in [6, 6.07) is 14.9. The average molecular weight is 333 g/mol. The molecule has 0 saturated carbocycles. The molecule has 1 atom stereocenters. The third-order valence-corrected chi connectivity index (χ3v) is 3.81. The first-order chi connectivity index (χ1) is 11.1. The van der Waals surface area contributed by atoms with E-state index in [1.165, 1.54) is 0 Å². The molecule has 2 rings (SSSR count). The van der Waals surface area contributed by atoms with Gasteiger partial charge in [0.1, 0.15) is 5.75 Å². The monoisotopic (exact) mass is 332 g/mol. The van der Waals surface area contributed by atoms with Crippen LogP contribution < -0.4 is 15.4 Å². The minimum absolute atomic E-state index is 0.0652. The van der Waals surface area contributed by atoms with Gasteiger partial charge in [0.15, 0.2) is 0 Å². The Morgan fingerprint density at radius 3 is 2.57 bits per heavy atom. The van der Waals surface area contributed by atoms with Gasteiger partial charge in [-0.2, -0.15) is 0 Å². The Labute approximate surface area is 141 Å². The van der Waals surface area contributed by atoms with E-state index in [0.717, 1.165) is 23.3 Å². The lowest BCUT2D eigenvalue weighted by Gasteiger charge is -2.18.